The Labute approximate surface area is 396 Å². The fourth-order valence-corrected chi connectivity index (χ4v) is 17.2. The van der Waals surface area contributed by atoms with E-state index in [9.17, 15) is 9.11 Å². The topological polar surface area (TPSA) is 67.4 Å². The van der Waals surface area contributed by atoms with Gasteiger partial charge in [-0.15, -0.1) is 10.6 Å². The van der Waals surface area contributed by atoms with Crippen LogP contribution in [-0.4, -0.2) is 18.2 Å². The molecular formula is C60H42N2O3P2S. The maximum Gasteiger partial charge on any atom is 0.171 e. The molecule has 8 heteroatoms. The lowest BCUT2D eigenvalue weighted by molar-refractivity contribution is 0.490. The van der Waals surface area contributed by atoms with Crippen LogP contribution in [0.2, 0.25) is 0 Å². The molecule has 10 aromatic carbocycles. The zero-order chi connectivity index (χ0) is 45.6. The molecule has 326 valence electrons. The van der Waals surface area contributed by atoms with E-state index in [1.165, 1.54) is 15.9 Å². The predicted molar refractivity (Wildman–Crippen MR) is 288 cm³/mol. The molecule has 13 rings (SSSR count). The third kappa shape index (κ3) is 6.27. The minimum absolute atomic E-state index is 0.518. The molecule has 0 bridgehead atoms. The maximum absolute atomic E-state index is 15.9. The SMILES string of the molecule is O=P(c1ccccc1)(c1ccccc1)c1ccc2c(c1)c1cc(P(c3ccccc3)c3ccccc3)ccc1n2-c1ccc2c(c1)-c1cc(-n3c4ccccc4c4ccccc43)ccc1S2(O)O. The van der Waals surface area contributed by atoms with Gasteiger partial charge in [-0.3, -0.25) is 9.11 Å². The quantitative estimate of drug-likeness (QED) is 0.149. The van der Waals surface area contributed by atoms with Crippen LogP contribution < -0.4 is 31.8 Å². The van der Waals surface area contributed by atoms with E-state index in [1.807, 2.05) is 91.0 Å². The van der Waals surface area contributed by atoms with E-state index in [-0.39, 0.29) is 0 Å². The lowest BCUT2D eigenvalue weighted by Crippen LogP contribution is -2.24. The summed E-state index contributed by atoms with van der Waals surface area (Å²) < 4.78 is 44.5. The highest BCUT2D eigenvalue weighted by atomic mass is 32.3. The Morgan fingerprint density at radius 3 is 1.26 bits per heavy atom. The third-order valence-electron chi connectivity index (χ3n) is 13.5. The highest BCUT2D eigenvalue weighted by Gasteiger charge is 2.35. The van der Waals surface area contributed by atoms with Gasteiger partial charge in [-0.25, -0.2) is 0 Å². The summed E-state index contributed by atoms with van der Waals surface area (Å²) in [6.07, 6.45) is 0. The monoisotopic (exact) mass is 932 g/mol. The van der Waals surface area contributed by atoms with Gasteiger partial charge in [0.15, 0.2) is 7.14 Å². The summed E-state index contributed by atoms with van der Waals surface area (Å²) in [5, 5.41) is 10.4. The molecule has 3 heterocycles. The van der Waals surface area contributed by atoms with Crippen LogP contribution in [0.4, 0.5) is 0 Å². The molecule has 12 aromatic rings. The first-order chi connectivity index (χ1) is 33.4. The Morgan fingerprint density at radius 2 is 0.765 bits per heavy atom. The highest BCUT2D eigenvalue weighted by Crippen LogP contribution is 2.67. The predicted octanol–water partition coefficient (Wildman–Crippen LogP) is 13.4. The van der Waals surface area contributed by atoms with Crippen LogP contribution in [0.1, 0.15) is 0 Å². The fourth-order valence-electron chi connectivity index (χ4n) is 10.5. The lowest BCUT2D eigenvalue weighted by atomic mass is 10.0. The first-order valence-corrected chi connectivity index (χ1v) is 27.2. The molecule has 0 spiro atoms. The number of hydrogen-bond donors (Lipinski definition) is 2. The van der Waals surface area contributed by atoms with Crippen molar-refractivity contribution in [3.8, 4) is 22.5 Å². The van der Waals surface area contributed by atoms with Gasteiger partial charge in [-0.05, 0) is 103 Å². The minimum Gasteiger partial charge on any atom is -0.309 e. The van der Waals surface area contributed by atoms with Gasteiger partial charge in [-0.1, -0.05) is 164 Å². The van der Waals surface area contributed by atoms with Crippen molar-refractivity contribution in [1.29, 1.82) is 0 Å². The van der Waals surface area contributed by atoms with E-state index >= 15 is 4.57 Å². The van der Waals surface area contributed by atoms with Crippen molar-refractivity contribution in [1.82, 2.24) is 9.13 Å². The molecule has 0 saturated carbocycles. The Hall–Kier alpha value is -7.27. The smallest absolute Gasteiger partial charge is 0.171 e. The summed E-state index contributed by atoms with van der Waals surface area (Å²) >= 11 is 0. The Balaban J connectivity index is 1.05. The zero-order valence-electron chi connectivity index (χ0n) is 36.6. The van der Waals surface area contributed by atoms with Crippen molar-refractivity contribution < 1.29 is 13.7 Å². The second-order valence-corrected chi connectivity index (χ2v) is 24.3. The molecule has 0 radical (unpaired) electrons. The number of fused-ring (bicyclic) bond motifs is 9. The largest absolute Gasteiger partial charge is 0.309 e. The third-order valence-corrected chi connectivity index (χ3v) is 21.0. The average Bonchev–Trinajstić information content (AvgIpc) is 3.99. The van der Waals surface area contributed by atoms with Crippen molar-refractivity contribution in [3.05, 3.63) is 243 Å². The van der Waals surface area contributed by atoms with Crippen molar-refractivity contribution in [2.24, 2.45) is 0 Å². The molecule has 0 saturated heterocycles. The first-order valence-electron chi connectivity index (χ1n) is 22.6. The molecule has 1 aliphatic rings. The van der Waals surface area contributed by atoms with Gasteiger partial charge >= 0.3 is 0 Å². The van der Waals surface area contributed by atoms with Crippen LogP contribution in [0.15, 0.2) is 252 Å². The molecule has 0 unspecified atom stereocenters. The summed E-state index contributed by atoms with van der Waals surface area (Å²) in [6, 6.07) is 83.2. The normalized spacial score (nSPS) is 13.6. The number of nitrogens with zero attached hydrogens (tertiary/aromatic N) is 2. The van der Waals surface area contributed by atoms with E-state index in [2.05, 4.69) is 161 Å². The summed E-state index contributed by atoms with van der Waals surface area (Å²) in [6.45, 7) is 0. The summed E-state index contributed by atoms with van der Waals surface area (Å²) in [4.78, 5) is 1.04. The molecule has 0 amide bonds. The Morgan fingerprint density at radius 1 is 0.353 bits per heavy atom. The Kier molecular flexibility index (Phi) is 9.59. The van der Waals surface area contributed by atoms with E-state index < -0.39 is 25.7 Å². The van der Waals surface area contributed by atoms with E-state index in [0.29, 0.717) is 9.79 Å². The Bertz CT molecular complexity index is 3850. The van der Waals surface area contributed by atoms with Gasteiger partial charge in [0.1, 0.15) is 0 Å². The van der Waals surface area contributed by atoms with Crippen LogP contribution >= 0.6 is 25.7 Å². The van der Waals surface area contributed by atoms with E-state index in [0.717, 1.165) is 82.0 Å². The van der Waals surface area contributed by atoms with Crippen molar-refractivity contribution in [3.63, 3.8) is 0 Å². The van der Waals surface area contributed by atoms with E-state index in [4.69, 9.17) is 0 Å². The zero-order valence-corrected chi connectivity index (χ0v) is 39.2. The number of aromatic nitrogens is 2. The van der Waals surface area contributed by atoms with Crippen LogP contribution in [0.3, 0.4) is 0 Å². The van der Waals surface area contributed by atoms with E-state index in [1.54, 1.807) is 0 Å². The van der Waals surface area contributed by atoms with Crippen LogP contribution in [-0.2, 0) is 4.57 Å². The lowest BCUT2D eigenvalue weighted by Gasteiger charge is -2.29. The summed E-state index contributed by atoms with van der Waals surface area (Å²) in [5.41, 5.74) is 7.55. The number of hydrogen-bond acceptors (Lipinski definition) is 3. The molecule has 1 aliphatic heterocycles. The number of benzene rings is 10. The van der Waals surface area contributed by atoms with Gasteiger partial charge in [-0.2, -0.15) is 0 Å². The van der Waals surface area contributed by atoms with Crippen LogP contribution in [0.25, 0.3) is 66.1 Å². The first kappa shape index (κ1) is 41.0. The van der Waals surface area contributed by atoms with Gasteiger partial charge in [0.05, 0.1) is 31.9 Å². The second-order valence-electron chi connectivity index (χ2n) is 17.3. The van der Waals surface area contributed by atoms with Crippen LogP contribution in [0.5, 0.6) is 0 Å². The van der Waals surface area contributed by atoms with Crippen molar-refractivity contribution in [2.45, 2.75) is 9.79 Å². The van der Waals surface area contributed by atoms with Gasteiger partial charge in [0, 0.05) is 60.0 Å². The van der Waals surface area contributed by atoms with Crippen LogP contribution in [0, 0.1) is 0 Å². The second kappa shape index (κ2) is 15.9. The molecule has 68 heavy (non-hydrogen) atoms. The van der Waals surface area contributed by atoms with Crippen molar-refractivity contribution >= 4 is 101 Å². The highest BCUT2D eigenvalue weighted by molar-refractivity contribution is 8.24. The minimum atomic E-state index is -3.33. The summed E-state index contributed by atoms with van der Waals surface area (Å²) in [7, 11) is -7.55. The molecule has 2 aromatic heterocycles. The molecule has 0 aliphatic carbocycles. The number of rotatable bonds is 8. The molecule has 0 atom stereocenters. The molecular weight excluding hydrogens is 891 g/mol. The van der Waals surface area contributed by atoms with Gasteiger partial charge in [0.25, 0.3) is 0 Å². The van der Waals surface area contributed by atoms with Crippen molar-refractivity contribution in [2.75, 3.05) is 0 Å². The molecule has 5 nitrogen and oxygen atoms in total. The fraction of sp³-hybridized carbons (Fsp3) is 0. The molecule has 2 N–H and O–H groups in total. The maximum atomic E-state index is 15.9. The van der Waals surface area contributed by atoms with Gasteiger partial charge < -0.3 is 13.7 Å². The summed E-state index contributed by atoms with van der Waals surface area (Å²) in [5.74, 6) is 0. The standard InChI is InChI=1S/C60H42N2O3P2S/c63-67(46-21-9-3-10-22-46,47-23-11-4-12-24-47)48-32-34-58-52(40-48)51-39-45(66(43-17-5-1-6-18-43)44-19-7-2-8-20-44)31-33-57(51)62(58)42-30-36-60-54(38-42)53-37-41(29-35-59(53)68(60,64)65)61-55-27-15-13-25-49(55)50-26-14-16-28-56(50)61/h1-40,64-65H. The average molecular weight is 933 g/mol. The molecule has 0 fully saturated rings. The van der Waals surface area contributed by atoms with Gasteiger partial charge in [0.2, 0.25) is 0 Å². The number of para-hydroxylation sites is 2.